The molecule has 2 aromatic carbocycles. The van der Waals surface area contributed by atoms with Gasteiger partial charge < -0.3 is 10.6 Å². The molecule has 0 aliphatic rings. The van der Waals surface area contributed by atoms with E-state index in [0.717, 1.165) is 5.56 Å². The predicted octanol–water partition coefficient (Wildman–Crippen LogP) is 4.42. The summed E-state index contributed by atoms with van der Waals surface area (Å²) in [4.78, 5) is 30.1. The Balaban J connectivity index is 1.54. The molecule has 8 heteroatoms. The van der Waals surface area contributed by atoms with Crippen LogP contribution >= 0.6 is 11.6 Å². The fraction of sp³-hybridized carbons (Fsp3) is 0.0833. The van der Waals surface area contributed by atoms with E-state index in [2.05, 4.69) is 20.7 Å². The highest BCUT2D eigenvalue weighted by atomic mass is 35.5. The lowest BCUT2D eigenvalue weighted by atomic mass is 10.0. The van der Waals surface area contributed by atoms with Crippen LogP contribution in [0.4, 0.5) is 5.69 Å². The first-order valence-corrected chi connectivity index (χ1v) is 10.3. The minimum absolute atomic E-state index is 0.0215. The van der Waals surface area contributed by atoms with Crippen LogP contribution in [0, 0.1) is 0 Å². The van der Waals surface area contributed by atoms with Crippen LogP contribution in [0.2, 0.25) is 5.02 Å². The molecule has 7 nitrogen and oxygen atoms in total. The van der Waals surface area contributed by atoms with Gasteiger partial charge in [-0.25, -0.2) is 9.67 Å². The minimum atomic E-state index is -0.551. The van der Waals surface area contributed by atoms with Gasteiger partial charge in [0, 0.05) is 18.6 Å². The Morgan fingerprint density at radius 2 is 1.72 bits per heavy atom. The van der Waals surface area contributed by atoms with Crippen molar-refractivity contribution in [3.05, 3.63) is 108 Å². The Morgan fingerprint density at radius 3 is 2.47 bits per heavy atom. The molecule has 4 aromatic rings. The van der Waals surface area contributed by atoms with Gasteiger partial charge in [0.1, 0.15) is 0 Å². The van der Waals surface area contributed by atoms with E-state index >= 15 is 0 Å². The van der Waals surface area contributed by atoms with Crippen molar-refractivity contribution < 1.29 is 9.59 Å². The molecular formula is C24H20ClN5O2. The average molecular weight is 446 g/mol. The van der Waals surface area contributed by atoms with Gasteiger partial charge in [-0.15, -0.1) is 0 Å². The quantitative estimate of drug-likeness (QED) is 0.440. The van der Waals surface area contributed by atoms with Crippen LogP contribution in [0.5, 0.6) is 0 Å². The second-order valence-corrected chi connectivity index (χ2v) is 7.40. The van der Waals surface area contributed by atoms with Crippen LogP contribution in [-0.4, -0.2) is 26.6 Å². The zero-order valence-electron chi connectivity index (χ0n) is 17.0. The third-order valence-corrected chi connectivity index (χ3v) is 5.13. The van der Waals surface area contributed by atoms with E-state index in [0.29, 0.717) is 22.1 Å². The number of rotatable bonds is 7. The van der Waals surface area contributed by atoms with Crippen LogP contribution in [-0.2, 0) is 4.79 Å². The van der Waals surface area contributed by atoms with Crippen molar-refractivity contribution in [1.29, 1.82) is 0 Å². The van der Waals surface area contributed by atoms with E-state index in [1.165, 1.54) is 0 Å². The van der Waals surface area contributed by atoms with Crippen LogP contribution in [0.25, 0.3) is 5.82 Å². The molecule has 0 saturated heterocycles. The van der Waals surface area contributed by atoms with E-state index in [-0.39, 0.29) is 18.2 Å². The summed E-state index contributed by atoms with van der Waals surface area (Å²) >= 11 is 6.17. The molecule has 160 valence electrons. The number of pyridine rings is 1. The molecular weight excluding hydrogens is 426 g/mol. The molecule has 0 bridgehead atoms. The van der Waals surface area contributed by atoms with Crippen LogP contribution < -0.4 is 10.6 Å². The molecule has 32 heavy (non-hydrogen) atoms. The van der Waals surface area contributed by atoms with Crippen LogP contribution in [0.3, 0.4) is 0 Å². The number of hydrogen-bond donors (Lipinski definition) is 2. The minimum Gasteiger partial charge on any atom is -0.345 e. The third-order valence-electron chi connectivity index (χ3n) is 4.80. The topological polar surface area (TPSA) is 88.9 Å². The Bertz CT molecular complexity index is 1210. The molecule has 0 aliphatic carbocycles. The number of aromatic nitrogens is 3. The lowest BCUT2D eigenvalue weighted by Gasteiger charge is -2.20. The number of amides is 2. The second-order valence-electron chi connectivity index (χ2n) is 6.99. The highest BCUT2D eigenvalue weighted by molar-refractivity contribution is 6.33. The lowest BCUT2D eigenvalue weighted by Crippen LogP contribution is -2.32. The molecule has 0 aliphatic heterocycles. The maximum absolute atomic E-state index is 13.0. The van der Waals surface area contributed by atoms with Gasteiger partial charge in [0.25, 0.3) is 5.91 Å². The molecule has 1 atom stereocenters. The summed E-state index contributed by atoms with van der Waals surface area (Å²) in [6.07, 6.45) is 5.03. The molecule has 0 radical (unpaired) electrons. The first-order valence-electron chi connectivity index (χ1n) is 9.97. The fourth-order valence-corrected chi connectivity index (χ4v) is 3.50. The lowest BCUT2D eigenvalue weighted by molar-refractivity contribution is -0.116. The summed E-state index contributed by atoms with van der Waals surface area (Å²) in [6, 6.07) is 20.8. The van der Waals surface area contributed by atoms with Gasteiger partial charge in [-0.1, -0.05) is 54.1 Å². The summed E-state index contributed by atoms with van der Waals surface area (Å²) in [5, 5.41) is 10.3. The molecule has 2 amide bonds. The summed E-state index contributed by atoms with van der Waals surface area (Å²) in [5.74, 6) is -0.127. The Hall–Kier alpha value is -3.97. The standard InChI is InChI=1S/C24H20ClN5O2/c25-19-11-5-4-10-18(19)24(32)29-21(17-8-2-1-3-9-17)16-22(31)28-20-12-6-13-26-23(20)30-15-7-14-27-30/h1-15,21H,16H2,(H,28,31)(H,29,32). The number of hydrogen-bond acceptors (Lipinski definition) is 4. The normalized spacial score (nSPS) is 11.5. The second kappa shape index (κ2) is 9.89. The van der Waals surface area contributed by atoms with E-state index in [1.807, 2.05) is 30.3 Å². The number of carbonyl (C=O) groups is 2. The molecule has 2 aromatic heterocycles. The van der Waals surface area contributed by atoms with E-state index in [4.69, 9.17) is 11.6 Å². The Labute approximate surface area is 190 Å². The molecule has 2 N–H and O–H groups in total. The van der Waals surface area contributed by atoms with Crippen LogP contribution in [0.1, 0.15) is 28.4 Å². The Kier molecular flexibility index (Phi) is 6.57. The van der Waals surface area contributed by atoms with Gasteiger partial charge in [-0.3, -0.25) is 9.59 Å². The van der Waals surface area contributed by atoms with E-state index in [1.54, 1.807) is 65.7 Å². The van der Waals surface area contributed by atoms with Crippen molar-refractivity contribution in [1.82, 2.24) is 20.1 Å². The first kappa shape index (κ1) is 21.3. The van der Waals surface area contributed by atoms with Gasteiger partial charge in [-0.05, 0) is 35.9 Å². The average Bonchev–Trinajstić information content (AvgIpc) is 3.34. The van der Waals surface area contributed by atoms with Crippen molar-refractivity contribution >= 4 is 29.1 Å². The summed E-state index contributed by atoms with van der Waals surface area (Å²) in [5.41, 5.74) is 1.68. The monoisotopic (exact) mass is 445 g/mol. The molecule has 0 saturated carbocycles. The number of nitrogens with zero attached hydrogens (tertiary/aromatic N) is 3. The highest BCUT2D eigenvalue weighted by Gasteiger charge is 2.21. The molecule has 0 fully saturated rings. The number of carbonyl (C=O) groups excluding carboxylic acids is 2. The van der Waals surface area contributed by atoms with Gasteiger partial charge in [0.15, 0.2) is 5.82 Å². The molecule has 1 unspecified atom stereocenters. The summed E-state index contributed by atoms with van der Waals surface area (Å²) < 4.78 is 1.57. The third kappa shape index (κ3) is 5.01. The van der Waals surface area contributed by atoms with Crippen molar-refractivity contribution in [2.45, 2.75) is 12.5 Å². The maximum atomic E-state index is 13.0. The molecule has 4 rings (SSSR count). The summed E-state index contributed by atoms with van der Waals surface area (Å²) in [6.45, 7) is 0. The zero-order valence-corrected chi connectivity index (χ0v) is 17.7. The molecule has 2 heterocycles. The predicted molar refractivity (Wildman–Crippen MR) is 123 cm³/mol. The van der Waals surface area contributed by atoms with E-state index in [9.17, 15) is 9.59 Å². The number of benzene rings is 2. The summed E-state index contributed by atoms with van der Waals surface area (Å²) in [7, 11) is 0. The maximum Gasteiger partial charge on any atom is 0.253 e. The Morgan fingerprint density at radius 1 is 0.938 bits per heavy atom. The van der Waals surface area contributed by atoms with Crippen LogP contribution in [0.15, 0.2) is 91.4 Å². The number of anilines is 1. The van der Waals surface area contributed by atoms with Gasteiger partial charge in [-0.2, -0.15) is 5.10 Å². The van der Waals surface area contributed by atoms with Crippen molar-refractivity contribution in [2.75, 3.05) is 5.32 Å². The molecule has 0 spiro atoms. The van der Waals surface area contributed by atoms with Gasteiger partial charge >= 0.3 is 0 Å². The smallest absolute Gasteiger partial charge is 0.253 e. The van der Waals surface area contributed by atoms with E-state index < -0.39 is 6.04 Å². The highest BCUT2D eigenvalue weighted by Crippen LogP contribution is 2.22. The van der Waals surface area contributed by atoms with Crippen molar-refractivity contribution in [3.8, 4) is 5.82 Å². The fourth-order valence-electron chi connectivity index (χ4n) is 3.28. The largest absolute Gasteiger partial charge is 0.345 e. The SMILES string of the molecule is O=C(CC(NC(=O)c1ccccc1Cl)c1ccccc1)Nc1cccnc1-n1cccn1. The first-order chi connectivity index (χ1) is 15.6. The zero-order chi connectivity index (χ0) is 22.3. The van der Waals surface area contributed by atoms with Crippen molar-refractivity contribution in [3.63, 3.8) is 0 Å². The van der Waals surface area contributed by atoms with Gasteiger partial charge in [0.05, 0.1) is 28.7 Å². The number of nitrogens with one attached hydrogen (secondary N) is 2. The van der Waals surface area contributed by atoms with Crippen molar-refractivity contribution in [2.24, 2.45) is 0 Å². The van der Waals surface area contributed by atoms with Gasteiger partial charge in [0.2, 0.25) is 5.91 Å². The number of halogens is 1.